The van der Waals surface area contributed by atoms with Gasteiger partial charge in [-0.3, -0.25) is 28.9 Å². The maximum absolute atomic E-state index is 13.7. The van der Waals surface area contributed by atoms with E-state index in [1.807, 2.05) is 18.0 Å². The predicted molar refractivity (Wildman–Crippen MR) is 175 cm³/mol. The first-order chi connectivity index (χ1) is 25.6. The minimum Gasteiger partial charge on any atom is -0.481 e. The zero-order valence-corrected chi connectivity index (χ0v) is 29.6. The molecule has 1 saturated heterocycles. The molecule has 1 spiro atoms. The molecule has 55 heavy (non-hydrogen) atoms. The van der Waals surface area contributed by atoms with Crippen molar-refractivity contribution in [2.24, 2.45) is 0 Å². The first-order valence-corrected chi connectivity index (χ1v) is 16.8. The van der Waals surface area contributed by atoms with Crippen LogP contribution in [0.3, 0.4) is 0 Å². The lowest BCUT2D eigenvalue weighted by Crippen LogP contribution is -2.75. The highest BCUT2D eigenvalue weighted by Crippen LogP contribution is 2.65. The molecule has 0 saturated carbocycles. The van der Waals surface area contributed by atoms with Gasteiger partial charge in [0.05, 0.1) is 30.9 Å². The highest BCUT2D eigenvalue weighted by atomic mass is 19.4. The summed E-state index contributed by atoms with van der Waals surface area (Å²) in [5.74, 6) is -6.74. The molecule has 0 aromatic heterocycles. The van der Waals surface area contributed by atoms with Crippen LogP contribution in [0, 0.1) is 0 Å². The van der Waals surface area contributed by atoms with E-state index in [9.17, 15) is 67.5 Å². The number of aldehydes is 1. The molecule has 0 radical (unpaired) electrons. The SMILES string of the molecule is C[C@H](O)C(=O)N[C@@H](CC(=O)OC1=CC[C@@]2(OC(=O)C[C@H](NC(=O)[C@H](C)O)C(=O)O)[C@H]3Cc4ccc(CO)c5c4[C@@]2(CCN3C)[C@H]1O5)C(=O)O.O=CC(F)(F)F. The van der Waals surface area contributed by atoms with Crippen molar-refractivity contribution in [2.45, 2.75) is 106 Å². The maximum Gasteiger partial charge on any atom is 0.446 e. The number of carboxylic acids is 2. The fourth-order valence-electron chi connectivity index (χ4n) is 7.54. The van der Waals surface area contributed by atoms with Crippen molar-refractivity contribution < 1.29 is 86.5 Å². The van der Waals surface area contributed by atoms with Crippen LogP contribution < -0.4 is 15.4 Å². The molecule has 7 N–H and O–H groups in total. The van der Waals surface area contributed by atoms with Gasteiger partial charge in [-0.2, -0.15) is 13.2 Å². The number of nitrogens with zero attached hydrogens (tertiary/aromatic N) is 1. The number of esters is 2. The van der Waals surface area contributed by atoms with Gasteiger partial charge in [-0.15, -0.1) is 0 Å². The van der Waals surface area contributed by atoms with Gasteiger partial charge < -0.3 is 50.4 Å². The van der Waals surface area contributed by atoms with Crippen LogP contribution in [-0.2, 0) is 61.5 Å². The second-order valence-electron chi connectivity index (χ2n) is 13.5. The number of piperidine rings is 1. The van der Waals surface area contributed by atoms with Crippen molar-refractivity contribution in [3.63, 3.8) is 0 Å². The number of carbonyl (C=O) groups is 7. The van der Waals surface area contributed by atoms with Gasteiger partial charge in [-0.05, 0) is 51.9 Å². The highest BCUT2D eigenvalue weighted by molar-refractivity contribution is 5.90. The number of benzene rings is 1. The Bertz CT molecular complexity index is 1770. The van der Waals surface area contributed by atoms with Crippen molar-refractivity contribution in [1.82, 2.24) is 15.5 Å². The van der Waals surface area contributed by atoms with Gasteiger partial charge in [0, 0.05) is 17.5 Å². The minimum absolute atomic E-state index is 0.00785. The molecule has 2 aliphatic carbocycles. The Hall–Kier alpha value is -5.12. The summed E-state index contributed by atoms with van der Waals surface area (Å²) in [6.45, 7) is 2.34. The van der Waals surface area contributed by atoms with Crippen LogP contribution in [0.4, 0.5) is 13.2 Å². The van der Waals surface area contributed by atoms with Crippen LogP contribution in [0.15, 0.2) is 24.0 Å². The average molecular weight is 788 g/mol. The van der Waals surface area contributed by atoms with Gasteiger partial charge in [-0.25, -0.2) is 9.59 Å². The van der Waals surface area contributed by atoms with Gasteiger partial charge in [0.25, 0.3) is 0 Å². The Morgan fingerprint density at radius 2 is 1.55 bits per heavy atom. The molecule has 4 aliphatic rings. The molecule has 2 aliphatic heterocycles. The summed E-state index contributed by atoms with van der Waals surface area (Å²) in [4.78, 5) is 85.4. The van der Waals surface area contributed by atoms with Crippen LogP contribution in [0.25, 0.3) is 0 Å². The zero-order valence-electron chi connectivity index (χ0n) is 29.6. The molecule has 1 fully saturated rings. The molecule has 302 valence electrons. The van der Waals surface area contributed by atoms with Crippen molar-refractivity contribution in [3.05, 3.63) is 40.7 Å². The second kappa shape index (κ2) is 16.3. The van der Waals surface area contributed by atoms with E-state index in [1.165, 1.54) is 6.08 Å². The molecule has 18 nitrogen and oxygen atoms in total. The van der Waals surface area contributed by atoms with Crippen molar-refractivity contribution in [2.75, 3.05) is 13.6 Å². The molecule has 2 bridgehead atoms. The molecular weight excluding hydrogens is 747 g/mol. The van der Waals surface area contributed by atoms with E-state index >= 15 is 0 Å². The Morgan fingerprint density at radius 1 is 1.00 bits per heavy atom. The third-order valence-corrected chi connectivity index (χ3v) is 9.98. The third kappa shape index (κ3) is 8.43. The van der Waals surface area contributed by atoms with Crippen molar-refractivity contribution in [1.29, 1.82) is 0 Å². The number of halogens is 3. The van der Waals surface area contributed by atoms with E-state index in [1.54, 1.807) is 6.07 Å². The lowest BCUT2D eigenvalue weighted by atomic mass is 9.50. The van der Waals surface area contributed by atoms with E-state index in [0.29, 0.717) is 36.3 Å². The Labute approximate surface area is 310 Å². The number of aliphatic carboxylic acids is 2. The molecule has 5 rings (SSSR count). The molecular formula is C34H40F3N3O15. The minimum atomic E-state index is -4.64. The summed E-state index contributed by atoms with van der Waals surface area (Å²) in [6, 6.07) is -0.364. The summed E-state index contributed by atoms with van der Waals surface area (Å²) >= 11 is 0. The fourth-order valence-corrected chi connectivity index (χ4v) is 7.54. The number of hydrogen-bond donors (Lipinski definition) is 7. The molecule has 1 aromatic carbocycles. The summed E-state index contributed by atoms with van der Waals surface area (Å²) in [5, 5.41) is 52.8. The first-order valence-electron chi connectivity index (χ1n) is 16.8. The standard InChI is InChI=1S/C32H39N3O14.C2HF3O/c1-14(37)27(41)33-18(29(43)44)11-22(39)47-20-6-7-32(49-23(40)12-19(30(45)46)34-28(42)15(2)38)21-10-16-4-5-17(13-36)25-24(16)31(32,26(20)48-25)8-9-35(21)3;3-2(4,5)1-6/h4-6,14-15,18-19,21,26,36-38H,7-13H2,1-3H3,(H,33,41)(H,34,42)(H,43,44)(H,45,46);1H/t14-,15-,18-,19-,21+,26-,31-,32+;/m0./s1. The number of likely N-dealkylation sites (tertiary alicyclic amines) is 1. The number of hydrogen-bond acceptors (Lipinski definition) is 14. The van der Waals surface area contributed by atoms with Crippen LogP contribution in [0.2, 0.25) is 0 Å². The first kappa shape index (κ1) is 42.6. The third-order valence-electron chi connectivity index (χ3n) is 9.98. The number of amides is 2. The lowest BCUT2D eigenvalue weighted by Gasteiger charge is -2.62. The Kier molecular flexibility index (Phi) is 12.6. The summed E-state index contributed by atoms with van der Waals surface area (Å²) < 4.78 is 49.8. The zero-order chi connectivity index (χ0) is 41.2. The van der Waals surface area contributed by atoms with E-state index in [4.69, 9.17) is 19.0 Å². The number of alkyl halides is 3. The number of aliphatic hydroxyl groups excluding tert-OH is 3. The van der Waals surface area contributed by atoms with Crippen molar-refractivity contribution >= 4 is 42.0 Å². The average Bonchev–Trinajstić information content (AvgIpc) is 3.46. The van der Waals surface area contributed by atoms with E-state index in [-0.39, 0.29) is 12.2 Å². The molecule has 1 aromatic rings. The normalized spacial score (nSPS) is 25.4. The number of carboxylic acid groups (broad SMARTS) is 2. The van der Waals surface area contributed by atoms with Crippen molar-refractivity contribution in [3.8, 4) is 5.75 Å². The van der Waals surface area contributed by atoms with E-state index in [0.717, 1.165) is 19.4 Å². The van der Waals surface area contributed by atoms with Gasteiger partial charge in [0.1, 0.15) is 41.4 Å². The largest absolute Gasteiger partial charge is 0.481 e. The molecule has 8 atom stereocenters. The summed E-state index contributed by atoms with van der Waals surface area (Å²) in [7, 11) is 1.85. The van der Waals surface area contributed by atoms with Crippen LogP contribution in [0.5, 0.6) is 5.75 Å². The highest BCUT2D eigenvalue weighted by Gasteiger charge is 2.74. The monoisotopic (exact) mass is 787 g/mol. The van der Waals surface area contributed by atoms with Crippen LogP contribution >= 0.6 is 0 Å². The topological polar surface area (TPSA) is 276 Å². The number of nitrogens with one attached hydrogen (secondary N) is 2. The van der Waals surface area contributed by atoms with Gasteiger partial charge >= 0.3 is 30.1 Å². The van der Waals surface area contributed by atoms with Gasteiger partial charge in [0.15, 0.2) is 6.10 Å². The van der Waals surface area contributed by atoms with E-state index < -0.39 is 115 Å². The summed E-state index contributed by atoms with van der Waals surface area (Å²) in [5.41, 5.74) is -0.732. The summed E-state index contributed by atoms with van der Waals surface area (Å²) in [6.07, 6.45) is -9.33. The molecule has 0 unspecified atom stereocenters. The van der Waals surface area contributed by atoms with Gasteiger partial charge in [0.2, 0.25) is 18.1 Å². The molecule has 2 heterocycles. The molecule has 21 heteroatoms. The fraction of sp³-hybridized carbons (Fsp3) is 0.559. The van der Waals surface area contributed by atoms with Crippen LogP contribution in [-0.4, -0.2) is 134 Å². The predicted octanol–water partition coefficient (Wildman–Crippen LogP) is -1.02. The smallest absolute Gasteiger partial charge is 0.446 e. The Balaban J connectivity index is 0.00000104. The van der Waals surface area contributed by atoms with Crippen LogP contribution in [0.1, 0.15) is 56.2 Å². The second-order valence-corrected chi connectivity index (χ2v) is 13.5. The number of rotatable bonds is 13. The lowest BCUT2D eigenvalue weighted by molar-refractivity contribution is -0.207. The number of likely N-dealkylation sites (N-methyl/N-ethyl adjacent to an activating group) is 1. The number of ether oxygens (including phenoxy) is 3. The molecule has 2 amide bonds. The van der Waals surface area contributed by atoms with Gasteiger partial charge in [-0.1, -0.05) is 12.1 Å². The van der Waals surface area contributed by atoms with E-state index in [2.05, 4.69) is 10.6 Å². The Morgan fingerprint density at radius 3 is 2.04 bits per heavy atom. The maximum atomic E-state index is 13.7. The number of aliphatic hydroxyl groups is 3. The quantitative estimate of drug-likeness (QED) is 0.0931. The number of carbonyl (C=O) groups excluding carboxylic acids is 5.